The molecule has 0 bridgehead atoms. The minimum absolute atomic E-state index is 0.233. The van der Waals surface area contributed by atoms with E-state index in [2.05, 4.69) is 0 Å². The van der Waals surface area contributed by atoms with Crippen LogP contribution in [-0.4, -0.2) is 18.8 Å². The lowest BCUT2D eigenvalue weighted by atomic mass is 9.89. The van der Waals surface area contributed by atoms with Gasteiger partial charge in [-0.3, -0.25) is 0 Å². The highest BCUT2D eigenvalue weighted by Crippen LogP contribution is 2.31. The lowest BCUT2D eigenvalue weighted by Gasteiger charge is -2.22. The fourth-order valence-corrected chi connectivity index (χ4v) is 2.22. The molecule has 2 atom stereocenters. The molecule has 3 nitrogen and oxygen atoms in total. The quantitative estimate of drug-likeness (QED) is 0.882. The Labute approximate surface area is 117 Å². The number of nitrogens with two attached hydrogens (primary N) is 1. The van der Waals surface area contributed by atoms with E-state index in [0.717, 1.165) is 11.3 Å². The minimum atomic E-state index is -0.785. The standard InChI is InChI=1S/C16H18FNO2/c1-20-14-7-5-11(6-8-14)16(19)15(10-18)12-3-2-4-13(17)9-12/h2-9,15-16,19H,10,18H2,1H3. The van der Waals surface area contributed by atoms with E-state index in [4.69, 9.17) is 10.5 Å². The molecule has 0 aliphatic heterocycles. The largest absolute Gasteiger partial charge is 0.497 e. The lowest BCUT2D eigenvalue weighted by molar-refractivity contribution is 0.147. The first-order chi connectivity index (χ1) is 9.65. The molecule has 2 unspecified atom stereocenters. The van der Waals surface area contributed by atoms with Crippen LogP contribution in [0.1, 0.15) is 23.1 Å². The Balaban J connectivity index is 2.26. The van der Waals surface area contributed by atoms with Crippen molar-refractivity contribution in [1.29, 1.82) is 0 Å². The summed E-state index contributed by atoms with van der Waals surface area (Å²) in [4.78, 5) is 0. The molecule has 4 heteroatoms. The van der Waals surface area contributed by atoms with Gasteiger partial charge in [-0.05, 0) is 35.4 Å². The first-order valence-corrected chi connectivity index (χ1v) is 6.43. The number of halogens is 1. The molecule has 0 radical (unpaired) electrons. The van der Waals surface area contributed by atoms with E-state index in [9.17, 15) is 9.50 Å². The van der Waals surface area contributed by atoms with Crippen molar-refractivity contribution in [3.05, 3.63) is 65.5 Å². The number of hydrogen-bond donors (Lipinski definition) is 2. The zero-order valence-electron chi connectivity index (χ0n) is 11.3. The number of ether oxygens (including phenoxy) is 1. The van der Waals surface area contributed by atoms with Crippen LogP contribution < -0.4 is 10.5 Å². The second kappa shape index (κ2) is 6.50. The van der Waals surface area contributed by atoms with E-state index >= 15 is 0 Å². The summed E-state index contributed by atoms with van der Waals surface area (Å²) in [6, 6.07) is 13.3. The van der Waals surface area contributed by atoms with Gasteiger partial charge in [-0.1, -0.05) is 24.3 Å². The molecular formula is C16H18FNO2. The second-order valence-corrected chi connectivity index (χ2v) is 4.62. The van der Waals surface area contributed by atoms with Crippen LogP contribution in [0.3, 0.4) is 0 Å². The molecule has 20 heavy (non-hydrogen) atoms. The Hall–Kier alpha value is -1.91. The van der Waals surface area contributed by atoms with Crippen molar-refractivity contribution >= 4 is 0 Å². The zero-order valence-corrected chi connectivity index (χ0v) is 11.3. The highest BCUT2D eigenvalue weighted by molar-refractivity contribution is 5.32. The molecule has 106 valence electrons. The van der Waals surface area contributed by atoms with Crippen LogP contribution in [0.4, 0.5) is 4.39 Å². The molecule has 0 saturated carbocycles. The maximum absolute atomic E-state index is 13.3. The Morgan fingerprint density at radius 3 is 2.40 bits per heavy atom. The predicted octanol–water partition coefficient (Wildman–Crippen LogP) is 2.61. The fraction of sp³-hybridized carbons (Fsp3) is 0.250. The van der Waals surface area contributed by atoms with Crippen molar-refractivity contribution in [2.24, 2.45) is 5.73 Å². The van der Waals surface area contributed by atoms with Gasteiger partial charge in [0.15, 0.2) is 0 Å². The van der Waals surface area contributed by atoms with Crippen molar-refractivity contribution in [3.8, 4) is 5.75 Å². The predicted molar refractivity (Wildman–Crippen MR) is 76.1 cm³/mol. The van der Waals surface area contributed by atoms with Gasteiger partial charge in [-0.15, -0.1) is 0 Å². The third-order valence-electron chi connectivity index (χ3n) is 3.37. The van der Waals surface area contributed by atoms with Crippen molar-refractivity contribution in [2.45, 2.75) is 12.0 Å². The van der Waals surface area contributed by atoms with Crippen LogP contribution in [0.25, 0.3) is 0 Å². The Morgan fingerprint density at radius 2 is 1.85 bits per heavy atom. The normalized spacial score (nSPS) is 13.8. The van der Waals surface area contributed by atoms with Crippen molar-refractivity contribution in [1.82, 2.24) is 0 Å². The molecule has 2 aromatic carbocycles. The van der Waals surface area contributed by atoms with Gasteiger partial charge in [0, 0.05) is 12.5 Å². The number of aliphatic hydroxyl groups is 1. The molecular weight excluding hydrogens is 257 g/mol. The van der Waals surface area contributed by atoms with E-state index in [-0.39, 0.29) is 18.3 Å². The van der Waals surface area contributed by atoms with Crippen molar-refractivity contribution in [3.63, 3.8) is 0 Å². The molecule has 0 aliphatic rings. The summed E-state index contributed by atoms with van der Waals surface area (Å²) >= 11 is 0. The van der Waals surface area contributed by atoms with Crippen LogP contribution in [0.2, 0.25) is 0 Å². The van der Waals surface area contributed by atoms with E-state index in [1.807, 2.05) is 0 Å². The Morgan fingerprint density at radius 1 is 1.15 bits per heavy atom. The summed E-state index contributed by atoms with van der Waals surface area (Å²) in [5.41, 5.74) is 7.16. The SMILES string of the molecule is COc1ccc(C(O)C(CN)c2cccc(F)c2)cc1. The minimum Gasteiger partial charge on any atom is -0.497 e. The zero-order chi connectivity index (χ0) is 14.5. The maximum atomic E-state index is 13.3. The summed E-state index contributed by atoms with van der Waals surface area (Å²) in [5.74, 6) is 0.0398. The molecule has 0 fully saturated rings. The Kier molecular flexibility index (Phi) is 4.71. The van der Waals surface area contributed by atoms with Gasteiger partial charge in [0.2, 0.25) is 0 Å². The van der Waals surface area contributed by atoms with Crippen LogP contribution in [0.5, 0.6) is 5.75 Å². The first kappa shape index (κ1) is 14.5. The van der Waals surface area contributed by atoms with E-state index in [1.54, 1.807) is 43.5 Å². The molecule has 3 N–H and O–H groups in total. The summed E-state index contributed by atoms with van der Waals surface area (Å²) in [5, 5.41) is 10.4. The molecule has 0 heterocycles. The highest BCUT2D eigenvalue weighted by Gasteiger charge is 2.21. The van der Waals surface area contributed by atoms with Crippen LogP contribution in [0.15, 0.2) is 48.5 Å². The van der Waals surface area contributed by atoms with Gasteiger partial charge >= 0.3 is 0 Å². The van der Waals surface area contributed by atoms with Crippen LogP contribution >= 0.6 is 0 Å². The molecule has 0 aromatic heterocycles. The fourth-order valence-electron chi connectivity index (χ4n) is 2.22. The summed E-state index contributed by atoms with van der Waals surface area (Å²) in [6.07, 6.45) is -0.785. The smallest absolute Gasteiger partial charge is 0.123 e. The molecule has 2 aromatic rings. The van der Waals surface area contributed by atoms with Crippen LogP contribution in [0, 0.1) is 5.82 Å². The average molecular weight is 275 g/mol. The summed E-state index contributed by atoms with van der Waals surface area (Å²) in [6.45, 7) is 0.233. The van der Waals surface area contributed by atoms with Gasteiger partial charge in [-0.2, -0.15) is 0 Å². The van der Waals surface area contributed by atoms with Crippen molar-refractivity contribution < 1.29 is 14.2 Å². The number of hydrogen-bond acceptors (Lipinski definition) is 3. The first-order valence-electron chi connectivity index (χ1n) is 6.43. The Bertz CT molecular complexity index is 557. The highest BCUT2D eigenvalue weighted by atomic mass is 19.1. The number of benzene rings is 2. The third-order valence-corrected chi connectivity index (χ3v) is 3.37. The summed E-state index contributed by atoms with van der Waals surface area (Å²) < 4.78 is 18.4. The van der Waals surface area contributed by atoms with Gasteiger partial charge in [0.25, 0.3) is 0 Å². The maximum Gasteiger partial charge on any atom is 0.123 e. The summed E-state index contributed by atoms with van der Waals surface area (Å²) in [7, 11) is 1.58. The topological polar surface area (TPSA) is 55.5 Å². The number of rotatable bonds is 5. The van der Waals surface area contributed by atoms with Gasteiger partial charge in [0.05, 0.1) is 13.2 Å². The monoisotopic (exact) mass is 275 g/mol. The van der Waals surface area contributed by atoms with E-state index in [1.165, 1.54) is 12.1 Å². The van der Waals surface area contributed by atoms with Crippen molar-refractivity contribution in [2.75, 3.05) is 13.7 Å². The van der Waals surface area contributed by atoms with E-state index in [0.29, 0.717) is 5.56 Å². The van der Waals surface area contributed by atoms with Gasteiger partial charge in [0.1, 0.15) is 11.6 Å². The number of aliphatic hydroxyl groups excluding tert-OH is 1. The molecule has 0 spiro atoms. The van der Waals surface area contributed by atoms with Gasteiger partial charge < -0.3 is 15.6 Å². The second-order valence-electron chi connectivity index (χ2n) is 4.62. The van der Waals surface area contributed by atoms with Crippen LogP contribution in [-0.2, 0) is 0 Å². The molecule has 0 aliphatic carbocycles. The molecule has 0 amide bonds. The lowest BCUT2D eigenvalue weighted by Crippen LogP contribution is -2.20. The van der Waals surface area contributed by atoms with E-state index < -0.39 is 6.10 Å². The molecule has 2 rings (SSSR count). The average Bonchev–Trinajstić information content (AvgIpc) is 2.48. The molecule has 0 saturated heterocycles. The number of methoxy groups -OCH3 is 1. The third kappa shape index (κ3) is 3.15. The van der Waals surface area contributed by atoms with Gasteiger partial charge in [-0.25, -0.2) is 4.39 Å².